The Labute approximate surface area is 77.4 Å². The zero-order valence-corrected chi connectivity index (χ0v) is 8.44. The highest BCUT2D eigenvalue weighted by Crippen LogP contribution is 2.45. The van der Waals surface area contributed by atoms with E-state index in [-0.39, 0.29) is 6.00 Å². The summed E-state index contributed by atoms with van der Waals surface area (Å²) < 4.78 is 25.2. The number of hydrogen-bond acceptors (Lipinski definition) is 5. The highest BCUT2D eigenvalue weighted by Gasteiger charge is 2.36. The average Bonchev–Trinajstić information content (AvgIpc) is 2.30. The highest BCUT2D eigenvalue weighted by atomic mass is 31.2. The molecule has 6 nitrogen and oxygen atoms in total. The van der Waals surface area contributed by atoms with Crippen LogP contribution in [-0.2, 0) is 18.3 Å². The van der Waals surface area contributed by atoms with Gasteiger partial charge >= 0.3 is 7.82 Å². The second kappa shape index (κ2) is 4.08. The van der Waals surface area contributed by atoms with Gasteiger partial charge in [0.15, 0.2) is 0 Å². The maximum absolute atomic E-state index is 11.0. The van der Waals surface area contributed by atoms with E-state index in [9.17, 15) is 4.57 Å². The minimum Gasteiger partial charge on any atom is -0.367 e. The molecule has 4 atom stereocenters. The van der Waals surface area contributed by atoms with Gasteiger partial charge in [-0.3, -0.25) is 9.05 Å². The van der Waals surface area contributed by atoms with Crippen molar-refractivity contribution in [1.82, 2.24) is 0 Å². The summed E-state index contributed by atoms with van der Waals surface area (Å²) in [6.07, 6.45) is -0.744. The molecule has 76 valence electrons. The molecule has 0 aromatic rings. The van der Waals surface area contributed by atoms with Crippen LogP contribution < -0.4 is 5.73 Å². The topological polar surface area (TPSA) is 91.0 Å². The van der Waals surface area contributed by atoms with Crippen LogP contribution in [-0.4, -0.2) is 38.2 Å². The first kappa shape index (κ1) is 11.2. The Morgan fingerprint density at radius 2 is 2.38 bits per heavy atom. The first-order chi connectivity index (χ1) is 5.94. The normalized spacial score (nSPS) is 38.8. The summed E-state index contributed by atoms with van der Waals surface area (Å²) in [6.45, 7) is 0. The first-order valence-electron chi connectivity index (χ1n) is 3.92. The lowest BCUT2D eigenvalue weighted by atomic mass is 9.97. The maximum atomic E-state index is 11.0. The molecule has 8 heteroatoms. The van der Waals surface area contributed by atoms with Gasteiger partial charge in [-0.25, -0.2) is 4.57 Å². The number of rotatable bonds is 3. The lowest BCUT2D eigenvalue weighted by molar-refractivity contribution is 0.0313. The number of phosphoric acid groups is 1. The Morgan fingerprint density at radius 3 is 2.77 bits per heavy atom. The van der Waals surface area contributed by atoms with Crippen molar-refractivity contribution in [1.29, 1.82) is 0 Å². The second-order valence-electron chi connectivity index (χ2n) is 2.94. The number of phosphoric ester groups is 1. The fraction of sp³-hybridized carbons (Fsp3) is 1.00. The molecule has 0 radical (unpaired) electrons. The van der Waals surface area contributed by atoms with Crippen LogP contribution in [0.5, 0.6) is 0 Å². The van der Waals surface area contributed by atoms with Gasteiger partial charge in [0.1, 0.15) is 20.2 Å². The van der Waals surface area contributed by atoms with Crippen LogP contribution in [0.3, 0.4) is 0 Å². The molecular formula is C5H13BNO5P. The van der Waals surface area contributed by atoms with Crippen LogP contribution in [0.4, 0.5) is 0 Å². The number of nitrogens with two attached hydrogens (primary N) is 1. The largest absolute Gasteiger partial charge is 0.472 e. The smallest absolute Gasteiger partial charge is 0.367 e. The second-order valence-corrected chi connectivity index (χ2v) is 4.46. The van der Waals surface area contributed by atoms with Gasteiger partial charge in [-0.1, -0.05) is 0 Å². The van der Waals surface area contributed by atoms with Crippen LogP contribution in [0.1, 0.15) is 6.42 Å². The quantitative estimate of drug-likeness (QED) is 0.447. The molecule has 1 aliphatic heterocycles. The SMILES string of the molecule is B[C@H]1C[C@@H](OP(=O)(O)OC)[C@@H](N)O1. The van der Waals surface area contributed by atoms with Gasteiger partial charge in [0.05, 0.1) is 0 Å². The third-order valence-corrected chi connectivity index (χ3v) is 2.82. The van der Waals surface area contributed by atoms with Crippen molar-refractivity contribution in [3.05, 3.63) is 0 Å². The highest BCUT2D eigenvalue weighted by molar-refractivity contribution is 7.47. The molecule has 13 heavy (non-hydrogen) atoms. The van der Waals surface area contributed by atoms with Crippen LogP contribution in [0.2, 0.25) is 0 Å². The molecule has 1 rings (SSSR count). The van der Waals surface area contributed by atoms with Crippen molar-refractivity contribution in [2.75, 3.05) is 7.11 Å². The summed E-state index contributed by atoms with van der Waals surface area (Å²) in [4.78, 5) is 8.99. The third-order valence-electron chi connectivity index (χ3n) is 1.82. The van der Waals surface area contributed by atoms with E-state index in [1.165, 1.54) is 0 Å². The molecule has 1 heterocycles. The van der Waals surface area contributed by atoms with E-state index in [1.807, 2.05) is 7.85 Å². The van der Waals surface area contributed by atoms with E-state index in [0.717, 1.165) is 7.11 Å². The Bertz CT molecular complexity index is 227. The molecule has 0 saturated carbocycles. The predicted molar refractivity (Wildman–Crippen MR) is 47.7 cm³/mol. The van der Waals surface area contributed by atoms with Crippen LogP contribution in [0, 0.1) is 0 Å². The molecule has 1 fully saturated rings. The Kier molecular flexibility index (Phi) is 3.51. The zero-order valence-electron chi connectivity index (χ0n) is 7.54. The molecule has 0 aromatic heterocycles. The lowest BCUT2D eigenvalue weighted by Gasteiger charge is -2.17. The zero-order chi connectivity index (χ0) is 10.1. The van der Waals surface area contributed by atoms with Gasteiger partial charge in [0, 0.05) is 13.1 Å². The summed E-state index contributed by atoms with van der Waals surface area (Å²) in [5.74, 6) is 0. The van der Waals surface area contributed by atoms with Crippen molar-refractivity contribution in [3.8, 4) is 0 Å². The Morgan fingerprint density at radius 1 is 1.77 bits per heavy atom. The molecule has 1 unspecified atom stereocenters. The predicted octanol–water partition coefficient (Wildman–Crippen LogP) is -1.22. The minimum absolute atomic E-state index is 0.0585. The fourth-order valence-corrected chi connectivity index (χ4v) is 1.82. The van der Waals surface area contributed by atoms with E-state index in [4.69, 9.17) is 19.9 Å². The van der Waals surface area contributed by atoms with Crippen molar-refractivity contribution in [2.24, 2.45) is 5.73 Å². The van der Waals surface area contributed by atoms with Crippen LogP contribution >= 0.6 is 7.82 Å². The molecule has 0 aliphatic carbocycles. The first-order valence-corrected chi connectivity index (χ1v) is 5.42. The van der Waals surface area contributed by atoms with Gasteiger partial charge in [-0.2, -0.15) is 0 Å². The maximum Gasteiger partial charge on any atom is 0.472 e. The van der Waals surface area contributed by atoms with Gasteiger partial charge in [0.2, 0.25) is 0 Å². The molecular weight excluding hydrogens is 196 g/mol. The van der Waals surface area contributed by atoms with E-state index in [0.29, 0.717) is 6.42 Å². The summed E-state index contributed by atoms with van der Waals surface area (Å²) in [5.41, 5.74) is 5.50. The molecule has 1 saturated heterocycles. The molecule has 0 amide bonds. The van der Waals surface area contributed by atoms with Crippen LogP contribution in [0.25, 0.3) is 0 Å². The van der Waals surface area contributed by atoms with Gasteiger partial charge in [-0.05, 0) is 6.42 Å². The van der Waals surface area contributed by atoms with Gasteiger partial charge < -0.3 is 15.4 Å². The van der Waals surface area contributed by atoms with Crippen molar-refractivity contribution in [3.63, 3.8) is 0 Å². The van der Waals surface area contributed by atoms with Gasteiger partial charge in [-0.15, -0.1) is 0 Å². The minimum atomic E-state index is -3.95. The third kappa shape index (κ3) is 3.05. The lowest BCUT2D eigenvalue weighted by Crippen LogP contribution is -2.32. The van der Waals surface area contributed by atoms with E-state index in [2.05, 4.69) is 4.52 Å². The fourth-order valence-electron chi connectivity index (χ4n) is 1.19. The van der Waals surface area contributed by atoms with Crippen LogP contribution in [0.15, 0.2) is 0 Å². The number of hydrogen-bond donors (Lipinski definition) is 2. The van der Waals surface area contributed by atoms with E-state index >= 15 is 0 Å². The van der Waals surface area contributed by atoms with Crippen molar-refractivity contribution >= 4 is 15.7 Å². The summed E-state index contributed by atoms with van der Waals surface area (Å²) in [6, 6.07) is -0.0585. The number of ether oxygens (including phenoxy) is 1. The molecule has 1 aliphatic rings. The Balaban J connectivity index is 2.50. The van der Waals surface area contributed by atoms with E-state index < -0.39 is 20.2 Å². The van der Waals surface area contributed by atoms with Crippen molar-refractivity contribution in [2.45, 2.75) is 24.8 Å². The molecule has 0 aromatic carbocycles. The van der Waals surface area contributed by atoms with Crippen molar-refractivity contribution < 1.29 is 23.2 Å². The van der Waals surface area contributed by atoms with E-state index in [1.54, 1.807) is 0 Å². The molecule has 3 N–H and O–H groups in total. The Hall–Kier alpha value is 0.0949. The monoisotopic (exact) mass is 209 g/mol. The van der Waals surface area contributed by atoms with Gasteiger partial charge in [0.25, 0.3) is 0 Å². The summed E-state index contributed by atoms with van der Waals surface area (Å²) in [5, 5.41) is 0. The average molecular weight is 209 g/mol. The molecule has 0 bridgehead atoms. The summed E-state index contributed by atoms with van der Waals surface area (Å²) in [7, 11) is -1.03. The molecule has 0 spiro atoms. The standard InChI is InChI=1S/C5H13BNO5P/c1-10-13(8,9)12-3-2-4(6)11-5(3)7/h3-5H,2,6-7H2,1H3,(H,8,9)/t3-,4-,5+/m1/s1. The summed E-state index contributed by atoms with van der Waals surface area (Å²) >= 11 is 0.